The van der Waals surface area contributed by atoms with Gasteiger partial charge in [-0.05, 0) is 74.9 Å². The molecule has 3 nitrogen and oxygen atoms in total. The highest BCUT2D eigenvalue weighted by Gasteiger charge is 2.56. The predicted molar refractivity (Wildman–Crippen MR) is 100 cm³/mol. The van der Waals surface area contributed by atoms with Gasteiger partial charge in [0.25, 0.3) is 0 Å². The van der Waals surface area contributed by atoms with Gasteiger partial charge in [0.2, 0.25) is 0 Å². The third kappa shape index (κ3) is 3.24. The number of rotatable bonds is 5. The lowest BCUT2D eigenvalue weighted by Crippen LogP contribution is -2.61. The van der Waals surface area contributed by atoms with Crippen LogP contribution in [0.25, 0.3) is 0 Å². The molecule has 0 radical (unpaired) electrons. The van der Waals surface area contributed by atoms with E-state index in [1.54, 1.807) is 0 Å². The summed E-state index contributed by atoms with van der Waals surface area (Å²) < 4.78 is 6.94. The van der Waals surface area contributed by atoms with E-state index in [9.17, 15) is 10.2 Å². The van der Waals surface area contributed by atoms with E-state index in [4.69, 9.17) is 4.43 Å². The van der Waals surface area contributed by atoms with E-state index < -0.39 is 13.9 Å². The lowest BCUT2D eigenvalue weighted by Gasteiger charge is -2.58. The van der Waals surface area contributed by atoms with Crippen LogP contribution in [0.4, 0.5) is 0 Å². The van der Waals surface area contributed by atoms with Crippen molar-refractivity contribution in [2.24, 2.45) is 17.8 Å². The minimum atomic E-state index is -1.66. The SMILES string of the molecule is CC[Si](CC)(CC)O[C@H]1CC[C@H]2CC[C@H](O)C[C@@H]3CCC[C@@]2(O)[C@@H]31. The monoisotopic (exact) mass is 354 g/mol. The molecule has 24 heavy (non-hydrogen) atoms. The second kappa shape index (κ2) is 7.38. The topological polar surface area (TPSA) is 49.7 Å². The first kappa shape index (κ1) is 18.9. The van der Waals surface area contributed by atoms with E-state index in [2.05, 4.69) is 20.8 Å². The molecule has 0 unspecified atom stereocenters. The van der Waals surface area contributed by atoms with Gasteiger partial charge < -0.3 is 14.6 Å². The Kier molecular flexibility index (Phi) is 5.80. The molecule has 4 bridgehead atoms. The summed E-state index contributed by atoms with van der Waals surface area (Å²) in [5, 5.41) is 22.1. The van der Waals surface area contributed by atoms with Crippen LogP contribution in [0.2, 0.25) is 18.1 Å². The van der Waals surface area contributed by atoms with E-state index >= 15 is 0 Å². The molecule has 3 rings (SSSR count). The molecule has 0 heterocycles. The van der Waals surface area contributed by atoms with Gasteiger partial charge >= 0.3 is 0 Å². The van der Waals surface area contributed by atoms with Crippen molar-refractivity contribution in [2.45, 2.75) is 108 Å². The van der Waals surface area contributed by atoms with E-state index in [-0.39, 0.29) is 18.1 Å². The zero-order valence-corrected chi connectivity index (χ0v) is 17.0. The Labute approximate surface area is 149 Å². The Bertz CT molecular complexity index is 417. The van der Waals surface area contributed by atoms with Crippen LogP contribution >= 0.6 is 0 Å². The van der Waals surface area contributed by atoms with Crippen molar-refractivity contribution in [2.75, 3.05) is 0 Å². The van der Waals surface area contributed by atoms with Gasteiger partial charge in [0.05, 0.1) is 17.8 Å². The fraction of sp³-hybridized carbons (Fsp3) is 1.00. The lowest BCUT2D eigenvalue weighted by atomic mass is 9.54. The number of hydrogen-bond donors (Lipinski definition) is 2. The Morgan fingerprint density at radius 3 is 2.33 bits per heavy atom. The van der Waals surface area contributed by atoms with Crippen LogP contribution in [0.15, 0.2) is 0 Å². The Balaban J connectivity index is 1.89. The molecular formula is C20H38O3Si. The van der Waals surface area contributed by atoms with Crippen LogP contribution in [-0.4, -0.2) is 36.3 Å². The zero-order chi connectivity index (χ0) is 17.4. The molecule has 0 aliphatic heterocycles. The smallest absolute Gasteiger partial charge is 0.192 e. The van der Waals surface area contributed by atoms with Crippen molar-refractivity contribution in [3.05, 3.63) is 0 Å². The summed E-state index contributed by atoms with van der Waals surface area (Å²) in [6.07, 6.45) is 8.23. The molecular weight excluding hydrogens is 316 g/mol. The molecule has 0 saturated heterocycles. The summed E-state index contributed by atoms with van der Waals surface area (Å²) >= 11 is 0. The van der Waals surface area contributed by atoms with Gasteiger partial charge in [-0.3, -0.25) is 0 Å². The molecule has 3 saturated carbocycles. The van der Waals surface area contributed by atoms with Crippen molar-refractivity contribution < 1.29 is 14.6 Å². The second-order valence-corrected chi connectivity index (χ2v) is 13.5. The van der Waals surface area contributed by atoms with Crippen molar-refractivity contribution in [3.8, 4) is 0 Å². The Morgan fingerprint density at radius 2 is 1.67 bits per heavy atom. The minimum absolute atomic E-state index is 0.174. The molecule has 6 atom stereocenters. The van der Waals surface area contributed by atoms with E-state index in [1.165, 1.54) is 18.1 Å². The lowest BCUT2D eigenvalue weighted by molar-refractivity contribution is -0.189. The highest BCUT2D eigenvalue weighted by molar-refractivity contribution is 6.73. The molecule has 0 amide bonds. The maximum atomic E-state index is 11.7. The van der Waals surface area contributed by atoms with Crippen LogP contribution in [0.5, 0.6) is 0 Å². The maximum absolute atomic E-state index is 11.7. The average molecular weight is 355 g/mol. The van der Waals surface area contributed by atoms with Gasteiger partial charge in [0.1, 0.15) is 0 Å². The minimum Gasteiger partial charge on any atom is -0.414 e. The first-order valence-electron chi connectivity index (χ1n) is 10.6. The predicted octanol–water partition coefficient (Wildman–Crippen LogP) is 4.48. The van der Waals surface area contributed by atoms with Gasteiger partial charge in [0.15, 0.2) is 8.32 Å². The van der Waals surface area contributed by atoms with Gasteiger partial charge in [-0.25, -0.2) is 0 Å². The number of hydrogen-bond acceptors (Lipinski definition) is 3. The molecule has 2 N–H and O–H groups in total. The van der Waals surface area contributed by atoms with Crippen LogP contribution < -0.4 is 0 Å². The van der Waals surface area contributed by atoms with Crippen molar-refractivity contribution in [1.29, 1.82) is 0 Å². The molecule has 0 aromatic heterocycles. The van der Waals surface area contributed by atoms with Gasteiger partial charge in [-0.2, -0.15) is 0 Å². The van der Waals surface area contributed by atoms with Gasteiger partial charge in [-0.1, -0.05) is 27.2 Å². The quantitative estimate of drug-likeness (QED) is 0.716. The van der Waals surface area contributed by atoms with E-state index in [0.717, 1.165) is 51.4 Å². The highest BCUT2D eigenvalue weighted by atomic mass is 28.4. The summed E-state index contributed by atoms with van der Waals surface area (Å²) in [4.78, 5) is 0. The Morgan fingerprint density at radius 1 is 1.00 bits per heavy atom. The average Bonchev–Trinajstić information content (AvgIpc) is 2.58. The van der Waals surface area contributed by atoms with Crippen molar-refractivity contribution >= 4 is 8.32 Å². The zero-order valence-electron chi connectivity index (χ0n) is 16.0. The highest BCUT2D eigenvalue weighted by Crippen LogP contribution is 2.55. The summed E-state index contributed by atoms with van der Waals surface area (Å²) in [6.45, 7) is 6.88. The molecule has 0 aromatic carbocycles. The largest absolute Gasteiger partial charge is 0.414 e. The third-order valence-electron chi connectivity index (χ3n) is 7.90. The summed E-state index contributed by atoms with van der Waals surface area (Å²) in [5.41, 5.74) is -0.526. The molecule has 0 spiro atoms. The van der Waals surface area contributed by atoms with Crippen LogP contribution in [-0.2, 0) is 4.43 Å². The molecule has 4 heteroatoms. The van der Waals surface area contributed by atoms with E-state index in [0.29, 0.717) is 11.8 Å². The first-order chi connectivity index (χ1) is 11.5. The van der Waals surface area contributed by atoms with Gasteiger partial charge in [-0.15, -0.1) is 0 Å². The molecule has 3 aliphatic carbocycles. The van der Waals surface area contributed by atoms with E-state index in [1.807, 2.05) is 0 Å². The van der Waals surface area contributed by atoms with Crippen LogP contribution in [0, 0.1) is 17.8 Å². The standard InChI is InChI=1S/C20H38O3Si/c1-4-24(5-2,6-3)23-18-12-10-16-9-11-17(21)14-15-8-7-13-20(16,22)19(15)18/h15-19,21-22H,4-14H2,1-3H3/t15-,16+,17-,18-,19-,20-/m0/s1. The van der Waals surface area contributed by atoms with Crippen LogP contribution in [0.1, 0.15) is 72.1 Å². The van der Waals surface area contributed by atoms with Crippen molar-refractivity contribution in [3.63, 3.8) is 0 Å². The normalized spacial score (nSPS) is 43.1. The van der Waals surface area contributed by atoms with Crippen LogP contribution in [0.3, 0.4) is 0 Å². The molecule has 3 aliphatic rings. The molecule has 0 aromatic rings. The summed E-state index contributed by atoms with van der Waals surface area (Å²) in [5.74, 6) is 1.08. The summed E-state index contributed by atoms with van der Waals surface area (Å²) in [6, 6.07) is 3.54. The number of aliphatic hydroxyl groups is 2. The first-order valence-corrected chi connectivity index (χ1v) is 13.1. The Hall–Kier alpha value is 0.0969. The molecule has 3 fully saturated rings. The number of aliphatic hydroxyl groups excluding tert-OH is 1. The van der Waals surface area contributed by atoms with Crippen molar-refractivity contribution in [1.82, 2.24) is 0 Å². The maximum Gasteiger partial charge on any atom is 0.192 e. The van der Waals surface area contributed by atoms with Gasteiger partial charge in [0, 0.05) is 5.92 Å². The molecule has 140 valence electrons. The second-order valence-electron chi connectivity index (χ2n) is 8.81. The summed E-state index contributed by atoms with van der Waals surface area (Å²) in [7, 11) is -1.66. The fourth-order valence-corrected chi connectivity index (χ4v) is 9.18. The fourth-order valence-electron chi connectivity index (χ4n) is 6.27. The third-order valence-corrected chi connectivity index (χ3v) is 12.6.